The summed E-state index contributed by atoms with van der Waals surface area (Å²) in [5.74, 6) is -0.680. The van der Waals surface area contributed by atoms with Crippen LogP contribution >= 0.6 is 0 Å². The van der Waals surface area contributed by atoms with Gasteiger partial charge in [0, 0.05) is 26.6 Å². The maximum absolute atomic E-state index is 11.5. The van der Waals surface area contributed by atoms with E-state index in [0.717, 1.165) is 4.31 Å². The van der Waals surface area contributed by atoms with Crippen LogP contribution in [-0.4, -0.2) is 64.4 Å². The van der Waals surface area contributed by atoms with Gasteiger partial charge in [-0.05, 0) is 6.42 Å². The number of nitrogens with zero attached hydrogens (tertiary/aromatic N) is 1. The van der Waals surface area contributed by atoms with Gasteiger partial charge < -0.3 is 5.32 Å². The van der Waals surface area contributed by atoms with E-state index in [1.807, 2.05) is 0 Å². The number of hydrogen-bond donors (Lipinski definition) is 1. The lowest BCUT2D eigenvalue weighted by atomic mass is 10.2. The van der Waals surface area contributed by atoms with Crippen LogP contribution in [0.5, 0.6) is 0 Å². The van der Waals surface area contributed by atoms with Crippen molar-refractivity contribution in [2.45, 2.75) is 18.9 Å². The summed E-state index contributed by atoms with van der Waals surface area (Å²) in [6.45, 7) is 0. The van der Waals surface area contributed by atoms with Crippen molar-refractivity contribution in [2.24, 2.45) is 0 Å². The highest BCUT2D eigenvalue weighted by atomic mass is 32.2. The Morgan fingerprint density at radius 1 is 1.39 bits per heavy atom. The third-order valence-corrected chi connectivity index (χ3v) is 6.34. The summed E-state index contributed by atoms with van der Waals surface area (Å²) < 4.78 is 46.3. The first kappa shape index (κ1) is 15.4. The summed E-state index contributed by atoms with van der Waals surface area (Å²) in [4.78, 5) is 11.5. The lowest BCUT2D eigenvalue weighted by molar-refractivity contribution is -0.121. The summed E-state index contributed by atoms with van der Waals surface area (Å²) in [6.07, 6.45) is 0.242. The molecule has 9 heteroatoms. The number of amides is 1. The molecule has 0 aromatic heterocycles. The van der Waals surface area contributed by atoms with E-state index in [-0.39, 0.29) is 29.7 Å². The van der Waals surface area contributed by atoms with Gasteiger partial charge in [-0.3, -0.25) is 4.79 Å². The third-order valence-electron chi connectivity index (χ3n) is 2.74. The Balaban J connectivity index is 2.40. The minimum Gasteiger partial charge on any atom is -0.352 e. The second kappa shape index (κ2) is 5.54. The second-order valence-electron chi connectivity index (χ2n) is 4.52. The molecule has 1 fully saturated rings. The van der Waals surface area contributed by atoms with E-state index in [4.69, 9.17) is 0 Å². The number of nitrogens with one attached hydrogen (secondary N) is 1. The number of sulfonamides is 1. The maximum atomic E-state index is 11.5. The molecule has 18 heavy (non-hydrogen) atoms. The molecule has 1 saturated heterocycles. The van der Waals surface area contributed by atoms with E-state index in [9.17, 15) is 21.6 Å². The topological polar surface area (TPSA) is 101 Å². The molecule has 7 nitrogen and oxygen atoms in total. The molecule has 1 heterocycles. The molecular formula is C9H18N2O5S2. The van der Waals surface area contributed by atoms with E-state index >= 15 is 0 Å². The summed E-state index contributed by atoms with van der Waals surface area (Å²) in [7, 11) is -3.64. The van der Waals surface area contributed by atoms with Crippen molar-refractivity contribution in [3.05, 3.63) is 0 Å². The number of sulfone groups is 1. The average Bonchev–Trinajstić information content (AvgIpc) is 2.55. The number of hydrogen-bond acceptors (Lipinski definition) is 5. The van der Waals surface area contributed by atoms with Crippen molar-refractivity contribution in [1.29, 1.82) is 0 Å². The quantitative estimate of drug-likeness (QED) is 0.671. The van der Waals surface area contributed by atoms with Crippen LogP contribution in [0.15, 0.2) is 0 Å². The molecule has 106 valence electrons. The van der Waals surface area contributed by atoms with E-state index in [0.29, 0.717) is 6.42 Å². The summed E-state index contributed by atoms with van der Waals surface area (Å²) >= 11 is 0. The van der Waals surface area contributed by atoms with Crippen LogP contribution in [0.1, 0.15) is 12.8 Å². The highest BCUT2D eigenvalue weighted by Gasteiger charge is 2.29. The van der Waals surface area contributed by atoms with Crippen molar-refractivity contribution in [2.75, 3.05) is 31.4 Å². The molecule has 1 amide bonds. The van der Waals surface area contributed by atoms with Crippen LogP contribution in [0.4, 0.5) is 0 Å². The standard InChI is InChI=1S/C9H18N2O5S2/c1-11(2)18(15,16)6-4-9(12)10-8-3-5-17(13,14)7-8/h8H,3-7H2,1-2H3,(H,10,12). The van der Waals surface area contributed by atoms with Gasteiger partial charge >= 0.3 is 0 Å². The van der Waals surface area contributed by atoms with Gasteiger partial charge in [-0.1, -0.05) is 0 Å². The predicted molar refractivity (Wildman–Crippen MR) is 67.3 cm³/mol. The van der Waals surface area contributed by atoms with Crippen molar-refractivity contribution >= 4 is 25.8 Å². The Hall–Kier alpha value is -0.670. The molecule has 0 aromatic carbocycles. The fourth-order valence-corrected chi connectivity index (χ4v) is 4.09. The second-order valence-corrected chi connectivity index (χ2v) is 9.05. The first-order chi connectivity index (χ1) is 8.12. The molecule has 0 spiro atoms. The SMILES string of the molecule is CN(C)S(=O)(=O)CCC(=O)NC1CCS(=O)(=O)C1. The normalized spacial score (nSPS) is 23.2. The molecule has 1 N–H and O–H groups in total. The highest BCUT2D eigenvalue weighted by Crippen LogP contribution is 2.11. The van der Waals surface area contributed by atoms with Crippen LogP contribution in [0, 0.1) is 0 Å². The first-order valence-electron chi connectivity index (χ1n) is 5.52. The Kier molecular flexibility index (Phi) is 4.73. The Bertz CT molecular complexity index is 509. The summed E-state index contributed by atoms with van der Waals surface area (Å²) in [6, 6.07) is -0.385. The van der Waals surface area contributed by atoms with Gasteiger partial charge in [-0.2, -0.15) is 0 Å². The number of rotatable bonds is 5. The van der Waals surface area contributed by atoms with Gasteiger partial charge in [0.05, 0.1) is 17.3 Å². The molecule has 0 bridgehead atoms. The van der Waals surface area contributed by atoms with Gasteiger partial charge in [0.15, 0.2) is 9.84 Å². The summed E-state index contributed by atoms with van der Waals surface area (Å²) in [5.41, 5.74) is 0. The van der Waals surface area contributed by atoms with E-state index in [2.05, 4.69) is 5.32 Å². The fourth-order valence-electron chi connectivity index (χ4n) is 1.61. The average molecular weight is 298 g/mol. The lowest BCUT2D eigenvalue weighted by Crippen LogP contribution is -2.37. The Morgan fingerprint density at radius 2 is 2.00 bits per heavy atom. The van der Waals surface area contributed by atoms with Crippen molar-refractivity contribution in [1.82, 2.24) is 9.62 Å². The molecule has 0 aromatic rings. The number of carbonyl (C=O) groups excluding carboxylic acids is 1. The fraction of sp³-hybridized carbons (Fsp3) is 0.889. The zero-order valence-corrected chi connectivity index (χ0v) is 12.1. The molecule has 1 aliphatic rings. The van der Waals surface area contributed by atoms with Crippen molar-refractivity contribution < 1.29 is 21.6 Å². The largest absolute Gasteiger partial charge is 0.352 e. The smallest absolute Gasteiger partial charge is 0.221 e. The molecule has 1 unspecified atom stereocenters. The molecule has 1 aliphatic heterocycles. The van der Waals surface area contributed by atoms with Crippen LogP contribution in [0.2, 0.25) is 0 Å². The lowest BCUT2D eigenvalue weighted by Gasteiger charge is -2.13. The minimum absolute atomic E-state index is 0.0564. The monoisotopic (exact) mass is 298 g/mol. The van der Waals surface area contributed by atoms with Gasteiger partial charge in [0.25, 0.3) is 0 Å². The number of carbonyl (C=O) groups is 1. The Labute approximate surface area is 108 Å². The zero-order valence-electron chi connectivity index (χ0n) is 10.4. The van der Waals surface area contributed by atoms with E-state index in [1.54, 1.807) is 0 Å². The first-order valence-corrected chi connectivity index (χ1v) is 8.95. The van der Waals surface area contributed by atoms with Crippen molar-refractivity contribution in [3.63, 3.8) is 0 Å². The Morgan fingerprint density at radius 3 is 2.44 bits per heavy atom. The third kappa shape index (κ3) is 4.54. The van der Waals surface area contributed by atoms with Crippen LogP contribution in [-0.2, 0) is 24.7 Å². The molecule has 0 radical (unpaired) electrons. The molecular weight excluding hydrogens is 280 g/mol. The van der Waals surface area contributed by atoms with Gasteiger partial charge in [-0.25, -0.2) is 21.1 Å². The van der Waals surface area contributed by atoms with Gasteiger partial charge in [0.2, 0.25) is 15.9 Å². The van der Waals surface area contributed by atoms with Gasteiger partial charge in [-0.15, -0.1) is 0 Å². The minimum atomic E-state index is -3.40. The van der Waals surface area contributed by atoms with Crippen LogP contribution < -0.4 is 5.32 Å². The summed E-state index contributed by atoms with van der Waals surface area (Å²) in [5, 5.41) is 2.54. The predicted octanol–water partition coefficient (Wildman–Crippen LogP) is -1.43. The van der Waals surface area contributed by atoms with E-state index in [1.165, 1.54) is 14.1 Å². The molecule has 1 atom stereocenters. The van der Waals surface area contributed by atoms with Crippen LogP contribution in [0.3, 0.4) is 0 Å². The maximum Gasteiger partial charge on any atom is 0.221 e. The van der Waals surface area contributed by atoms with Crippen molar-refractivity contribution in [3.8, 4) is 0 Å². The highest BCUT2D eigenvalue weighted by molar-refractivity contribution is 7.91. The molecule has 0 aliphatic carbocycles. The zero-order chi connectivity index (χ0) is 14.0. The molecule has 1 rings (SSSR count). The van der Waals surface area contributed by atoms with E-state index < -0.39 is 25.8 Å². The van der Waals surface area contributed by atoms with Gasteiger partial charge in [0.1, 0.15) is 0 Å². The van der Waals surface area contributed by atoms with Crippen LogP contribution in [0.25, 0.3) is 0 Å². The molecule has 0 saturated carbocycles.